The fourth-order valence-corrected chi connectivity index (χ4v) is 5.43. The number of carbonyl (C=O) groups is 2. The Kier molecular flexibility index (Phi) is 9.79. The molecule has 0 spiro atoms. The summed E-state index contributed by atoms with van der Waals surface area (Å²) in [5.41, 5.74) is 7.94. The summed E-state index contributed by atoms with van der Waals surface area (Å²) in [6.45, 7) is 16.7. The first-order valence-corrected chi connectivity index (χ1v) is 14.1. The first-order chi connectivity index (χ1) is 19.6. The van der Waals surface area contributed by atoms with Crippen LogP contribution >= 0.6 is 0 Å². The minimum atomic E-state index is -0.410. The van der Waals surface area contributed by atoms with E-state index in [-0.39, 0.29) is 18.6 Å². The summed E-state index contributed by atoms with van der Waals surface area (Å²) in [6.07, 6.45) is 1.46. The lowest BCUT2D eigenvalue weighted by atomic mass is 9.72. The standard InChI is InChI=1S/C35H40O6/c1-23(2)33(36)40-17-15-38-13-11-35(12-14-39-16-18-41-34(37)24(3)4)31-20-26(6)25(5)19-29(31)30-21-27-9-7-8-10-28(27)22-32(30)35/h7-10,19-22H,1,3,11-18H2,2,4-6H3. The predicted octanol–water partition coefficient (Wildman–Crippen LogP) is 6.78. The first kappa shape index (κ1) is 30.2. The summed E-state index contributed by atoms with van der Waals surface area (Å²) in [5.74, 6) is -0.819. The highest BCUT2D eigenvalue weighted by Gasteiger charge is 2.43. The zero-order chi connectivity index (χ0) is 29.6. The molecule has 0 fully saturated rings. The van der Waals surface area contributed by atoms with Gasteiger partial charge in [0.05, 0.1) is 13.2 Å². The Hall–Kier alpha value is -3.74. The Bertz CT molecular complexity index is 1430. The van der Waals surface area contributed by atoms with Gasteiger partial charge < -0.3 is 18.9 Å². The highest BCUT2D eigenvalue weighted by Crippen LogP contribution is 2.54. The van der Waals surface area contributed by atoms with Gasteiger partial charge in [0.1, 0.15) is 13.2 Å². The topological polar surface area (TPSA) is 71.1 Å². The second kappa shape index (κ2) is 13.3. The molecule has 0 bridgehead atoms. The number of hydrogen-bond donors (Lipinski definition) is 0. The third-order valence-corrected chi connectivity index (χ3v) is 7.81. The lowest BCUT2D eigenvalue weighted by Crippen LogP contribution is -2.30. The van der Waals surface area contributed by atoms with Gasteiger partial charge in [0, 0.05) is 29.8 Å². The molecule has 0 saturated heterocycles. The van der Waals surface area contributed by atoms with Crippen molar-refractivity contribution in [3.63, 3.8) is 0 Å². The van der Waals surface area contributed by atoms with Crippen molar-refractivity contribution in [2.24, 2.45) is 0 Å². The smallest absolute Gasteiger partial charge is 0.333 e. The van der Waals surface area contributed by atoms with Gasteiger partial charge in [-0.25, -0.2) is 9.59 Å². The SMILES string of the molecule is C=C(C)C(=O)OCCOCCC1(CCOCCOC(=O)C(=C)C)c2cc(C)c(C)cc2-c2cc3ccccc3cc21. The Morgan fingerprint density at radius 1 is 0.659 bits per heavy atom. The molecule has 1 aliphatic carbocycles. The molecule has 0 N–H and O–H groups in total. The average Bonchev–Trinajstić information content (AvgIpc) is 3.18. The zero-order valence-electron chi connectivity index (χ0n) is 24.6. The molecule has 3 aromatic rings. The van der Waals surface area contributed by atoms with Crippen LogP contribution in [0.4, 0.5) is 0 Å². The molecule has 0 heterocycles. The van der Waals surface area contributed by atoms with Crippen molar-refractivity contribution in [1.82, 2.24) is 0 Å². The molecular weight excluding hydrogens is 516 g/mol. The van der Waals surface area contributed by atoms with Crippen LogP contribution in [0, 0.1) is 13.8 Å². The van der Waals surface area contributed by atoms with Crippen molar-refractivity contribution < 1.29 is 28.5 Å². The number of ether oxygens (including phenoxy) is 4. The average molecular weight is 557 g/mol. The van der Waals surface area contributed by atoms with Gasteiger partial charge in [-0.3, -0.25) is 0 Å². The molecule has 0 aliphatic heterocycles. The van der Waals surface area contributed by atoms with E-state index >= 15 is 0 Å². The van der Waals surface area contributed by atoms with Crippen LogP contribution in [0.3, 0.4) is 0 Å². The fraction of sp³-hybridized carbons (Fsp3) is 0.371. The van der Waals surface area contributed by atoms with Crippen LogP contribution < -0.4 is 0 Å². The van der Waals surface area contributed by atoms with Gasteiger partial charge in [0.15, 0.2) is 0 Å². The minimum Gasteiger partial charge on any atom is -0.460 e. The summed E-state index contributed by atoms with van der Waals surface area (Å²) in [6, 6.07) is 17.7. The fourth-order valence-electron chi connectivity index (χ4n) is 5.43. The predicted molar refractivity (Wildman–Crippen MR) is 162 cm³/mol. The third kappa shape index (κ3) is 6.77. The number of carbonyl (C=O) groups excluding carboxylic acids is 2. The molecule has 0 atom stereocenters. The number of fused-ring (bicyclic) bond motifs is 4. The Labute approximate surface area is 242 Å². The van der Waals surface area contributed by atoms with E-state index in [0.29, 0.717) is 37.6 Å². The highest BCUT2D eigenvalue weighted by atomic mass is 16.6. The lowest BCUT2D eigenvalue weighted by molar-refractivity contribution is -0.141. The monoisotopic (exact) mass is 556 g/mol. The van der Waals surface area contributed by atoms with Gasteiger partial charge in [0.25, 0.3) is 0 Å². The number of esters is 2. The van der Waals surface area contributed by atoms with Crippen molar-refractivity contribution in [1.29, 1.82) is 0 Å². The molecule has 4 rings (SSSR count). The van der Waals surface area contributed by atoms with Crippen LogP contribution in [0.5, 0.6) is 0 Å². The molecule has 0 aromatic heterocycles. The van der Waals surface area contributed by atoms with Crippen molar-refractivity contribution >= 4 is 22.7 Å². The molecule has 216 valence electrons. The van der Waals surface area contributed by atoms with Gasteiger partial charge >= 0.3 is 11.9 Å². The molecule has 41 heavy (non-hydrogen) atoms. The summed E-state index contributed by atoms with van der Waals surface area (Å²) in [7, 11) is 0. The van der Waals surface area contributed by atoms with E-state index < -0.39 is 11.9 Å². The molecule has 1 aliphatic rings. The summed E-state index contributed by atoms with van der Waals surface area (Å²) < 4.78 is 22.4. The van der Waals surface area contributed by atoms with Crippen LogP contribution in [0.1, 0.15) is 48.9 Å². The minimum absolute atomic E-state index is 0.181. The van der Waals surface area contributed by atoms with E-state index in [1.54, 1.807) is 13.8 Å². The second-order valence-electron chi connectivity index (χ2n) is 10.9. The number of aryl methyl sites for hydroxylation is 2. The van der Waals surface area contributed by atoms with Gasteiger partial charge in [-0.1, -0.05) is 49.6 Å². The van der Waals surface area contributed by atoms with Gasteiger partial charge in [0.2, 0.25) is 0 Å². The van der Waals surface area contributed by atoms with Crippen LogP contribution in [-0.4, -0.2) is 51.6 Å². The van der Waals surface area contributed by atoms with E-state index in [4.69, 9.17) is 18.9 Å². The van der Waals surface area contributed by atoms with Crippen LogP contribution in [0.2, 0.25) is 0 Å². The van der Waals surface area contributed by atoms with E-state index in [0.717, 1.165) is 12.8 Å². The van der Waals surface area contributed by atoms with Crippen LogP contribution in [0.15, 0.2) is 72.8 Å². The molecule has 0 amide bonds. The Balaban J connectivity index is 1.60. The Morgan fingerprint density at radius 3 is 1.66 bits per heavy atom. The first-order valence-electron chi connectivity index (χ1n) is 14.1. The zero-order valence-corrected chi connectivity index (χ0v) is 24.6. The maximum atomic E-state index is 11.7. The third-order valence-electron chi connectivity index (χ3n) is 7.81. The molecule has 6 heteroatoms. The van der Waals surface area contributed by atoms with Gasteiger partial charge in [-0.05, 0) is 96.8 Å². The lowest BCUT2D eigenvalue weighted by Gasteiger charge is -2.33. The van der Waals surface area contributed by atoms with Gasteiger partial charge in [-0.2, -0.15) is 0 Å². The molecule has 6 nitrogen and oxygen atoms in total. The van der Waals surface area contributed by atoms with Crippen molar-refractivity contribution in [2.45, 2.75) is 46.0 Å². The van der Waals surface area contributed by atoms with E-state index in [1.165, 1.54) is 44.2 Å². The molecule has 0 unspecified atom stereocenters. The quantitative estimate of drug-likeness (QED) is 0.124. The summed E-state index contributed by atoms with van der Waals surface area (Å²) in [4.78, 5) is 23.4. The summed E-state index contributed by atoms with van der Waals surface area (Å²) >= 11 is 0. The molecular formula is C35H40O6. The van der Waals surface area contributed by atoms with E-state index in [2.05, 4.69) is 75.5 Å². The Morgan fingerprint density at radius 2 is 1.12 bits per heavy atom. The van der Waals surface area contributed by atoms with Crippen LogP contribution in [-0.2, 0) is 34.0 Å². The van der Waals surface area contributed by atoms with Crippen LogP contribution in [0.25, 0.3) is 21.9 Å². The van der Waals surface area contributed by atoms with Crippen molar-refractivity contribution in [3.05, 3.63) is 95.1 Å². The van der Waals surface area contributed by atoms with Crippen molar-refractivity contribution in [3.8, 4) is 11.1 Å². The molecule has 3 aromatic carbocycles. The highest BCUT2D eigenvalue weighted by molar-refractivity contribution is 5.94. The van der Waals surface area contributed by atoms with Crippen molar-refractivity contribution in [2.75, 3.05) is 39.6 Å². The largest absolute Gasteiger partial charge is 0.460 e. The van der Waals surface area contributed by atoms with E-state index in [1.807, 2.05) is 0 Å². The molecule has 0 radical (unpaired) electrons. The summed E-state index contributed by atoms with van der Waals surface area (Å²) in [5, 5.41) is 2.40. The van der Waals surface area contributed by atoms with Gasteiger partial charge in [-0.15, -0.1) is 0 Å². The molecule has 0 saturated carbocycles. The maximum absolute atomic E-state index is 11.7. The number of rotatable bonds is 14. The number of benzene rings is 3. The number of hydrogen-bond acceptors (Lipinski definition) is 6. The normalized spacial score (nSPS) is 13.0. The second-order valence-corrected chi connectivity index (χ2v) is 10.9. The van der Waals surface area contributed by atoms with E-state index in [9.17, 15) is 9.59 Å². The maximum Gasteiger partial charge on any atom is 0.333 e.